The van der Waals surface area contributed by atoms with E-state index in [0.29, 0.717) is 24.8 Å². The maximum Gasteiger partial charge on any atom is 0.240 e. The second-order valence-electron chi connectivity index (χ2n) is 5.72. The summed E-state index contributed by atoms with van der Waals surface area (Å²) in [7, 11) is 1.87. The molecule has 0 fully saturated rings. The van der Waals surface area contributed by atoms with Crippen molar-refractivity contribution in [1.82, 2.24) is 20.0 Å². The van der Waals surface area contributed by atoms with Gasteiger partial charge in [0.2, 0.25) is 5.89 Å². The minimum Gasteiger partial charge on any atom is -0.358 e. The summed E-state index contributed by atoms with van der Waals surface area (Å²) >= 11 is 0. The first-order valence-electron chi connectivity index (χ1n) is 7.69. The van der Waals surface area contributed by atoms with Crippen molar-refractivity contribution in [3.63, 3.8) is 0 Å². The van der Waals surface area contributed by atoms with Crippen LogP contribution in [0.1, 0.15) is 34.7 Å². The van der Waals surface area contributed by atoms with Crippen LogP contribution in [0, 0.1) is 6.92 Å². The molecular formula is C17H20N4O2. The molecule has 0 spiro atoms. The highest BCUT2D eigenvalue weighted by atomic mass is 16.5. The Labute approximate surface area is 134 Å². The van der Waals surface area contributed by atoms with Crippen molar-refractivity contribution in [2.45, 2.75) is 26.8 Å². The third-order valence-corrected chi connectivity index (χ3v) is 3.82. The molecule has 0 radical (unpaired) electrons. The number of aryl methyl sites for hydroxylation is 2. The summed E-state index contributed by atoms with van der Waals surface area (Å²) in [6, 6.07) is 7.85. The van der Waals surface area contributed by atoms with Crippen LogP contribution in [0.4, 0.5) is 0 Å². The van der Waals surface area contributed by atoms with Gasteiger partial charge in [-0.2, -0.15) is 4.98 Å². The molecule has 0 aliphatic carbocycles. The average molecular weight is 312 g/mol. The van der Waals surface area contributed by atoms with Crippen molar-refractivity contribution in [3.8, 4) is 0 Å². The first-order chi connectivity index (χ1) is 11.1. The zero-order valence-corrected chi connectivity index (χ0v) is 13.6. The molecule has 0 atom stereocenters. The number of hydrogen-bond acceptors (Lipinski definition) is 5. The maximum atomic E-state index is 12.7. The second-order valence-corrected chi connectivity index (χ2v) is 5.72. The van der Waals surface area contributed by atoms with E-state index in [1.54, 1.807) is 0 Å². The largest absolute Gasteiger partial charge is 0.358 e. The van der Waals surface area contributed by atoms with Crippen LogP contribution < -0.4 is 0 Å². The Balaban J connectivity index is 1.73. The minimum absolute atomic E-state index is 0.0812. The zero-order chi connectivity index (χ0) is 16.4. The summed E-state index contributed by atoms with van der Waals surface area (Å²) < 4.78 is 5.17. The number of Topliss-reactive ketones (excluding diaryl/α,β-unsaturated/α-hetero) is 1. The molecule has 0 aliphatic rings. The molecule has 0 bridgehead atoms. The van der Waals surface area contributed by atoms with Gasteiger partial charge in [0, 0.05) is 28.6 Å². The van der Waals surface area contributed by atoms with Crippen LogP contribution in [0.3, 0.4) is 0 Å². The number of aromatic amines is 1. The van der Waals surface area contributed by atoms with Crippen LogP contribution in [0.15, 0.2) is 28.8 Å². The van der Waals surface area contributed by atoms with Crippen molar-refractivity contribution in [2.75, 3.05) is 13.6 Å². The van der Waals surface area contributed by atoms with Crippen LogP contribution in [0.5, 0.6) is 0 Å². The van der Waals surface area contributed by atoms with Crippen LogP contribution in [-0.2, 0) is 13.0 Å². The first-order valence-corrected chi connectivity index (χ1v) is 7.69. The number of benzene rings is 1. The predicted octanol–water partition coefficient (Wildman–Crippen LogP) is 2.74. The number of ketones is 1. The fourth-order valence-corrected chi connectivity index (χ4v) is 2.74. The number of carbonyl (C=O) groups is 1. The summed E-state index contributed by atoms with van der Waals surface area (Å²) in [6.45, 7) is 4.66. The number of H-pyrrole nitrogens is 1. The highest BCUT2D eigenvalue weighted by Gasteiger charge is 2.18. The van der Waals surface area contributed by atoms with Gasteiger partial charge in [-0.1, -0.05) is 30.3 Å². The van der Waals surface area contributed by atoms with Crippen molar-refractivity contribution in [2.24, 2.45) is 0 Å². The molecule has 0 saturated carbocycles. The molecule has 23 heavy (non-hydrogen) atoms. The van der Waals surface area contributed by atoms with Gasteiger partial charge >= 0.3 is 0 Å². The SMILES string of the molecule is CCc1noc(CN(C)CC(=O)c2c(C)[nH]c3ccccc23)n1. The van der Waals surface area contributed by atoms with Gasteiger partial charge in [-0.15, -0.1) is 0 Å². The molecule has 6 nitrogen and oxygen atoms in total. The van der Waals surface area contributed by atoms with Gasteiger partial charge < -0.3 is 9.51 Å². The lowest BCUT2D eigenvalue weighted by Gasteiger charge is -2.13. The van der Waals surface area contributed by atoms with Gasteiger partial charge in [0.1, 0.15) is 0 Å². The number of para-hydroxylation sites is 1. The average Bonchev–Trinajstić information content (AvgIpc) is 3.09. The molecular weight excluding hydrogens is 292 g/mol. The van der Waals surface area contributed by atoms with E-state index in [1.807, 2.05) is 50.1 Å². The van der Waals surface area contributed by atoms with Gasteiger partial charge in [-0.25, -0.2) is 0 Å². The number of aromatic nitrogens is 3. The summed E-state index contributed by atoms with van der Waals surface area (Å²) in [5.41, 5.74) is 2.64. The van der Waals surface area contributed by atoms with Gasteiger partial charge in [-0.3, -0.25) is 9.69 Å². The monoisotopic (exact) mass is 312 g/mol. The van der Waals surface area contributed by atoms with Crippen molar-refractivity contribution in [1.29, 1.82) is 0 Å². The molecule has 0 amide bonds. The molecule has 6 heteroatoms. The number of fused-ring (bicyclic) bond motifs is 1. The highest BCUT2D eigenvalue weighted by Crippen LogP contribution is 2.22. The van der Waals surface area contributed by atoms with Crippen LogP contribution in [0.25, 0.3) is 10.9 Å². The molecule has 0 saturated heterocycles. The number of rotatable bonds is 6. The minimum atomic E-state index is 0.0812. The van der Waals surface area contributed by atoms with E-state index in [1.165, 1.54) is 0 Å². The molecule has 2 aromatic heterocycles. The summed E-state index contributed by atoms with van der Waals surface area (Å²) in [4.78, 5) is 22.1. The topological polar surface area (TPSA) is 75.0 Å². The van der Waals surface area contributed by atoms with Crippen LogP contribution in [0.2, 0.25) is 0 Å². The number of nitrogens with zero attached hydrogens (tertiary/aromatic N) is 3. The Hall–Kier alpha value is -2.47. The Morgan fingerprint density at radius 3 is 2.87 bits per heavy atom. The van der Waals surface area contributed by atoms with Gasteiger partial charge in [0.05, 0.1) is 13.1 Å². The lowest BCUT2D eigenvalue weighted by Crippen LogP contribution is -2.26. The maximum absolute atomic E-state index is 12.7. The summed E-state index contributed by atoms with van der Waals surface area (Å²) in [5, 5.41) is 4.84. The number of nitrogens with one attached hydrogen (secondary N) is 1. The van der Waals surface area contributed by atoms with E-state index in [9.17, 15) is 4.79 Å². The Morgan fingerprint density at radius 1 is 1.35 bits per heavy atom. The Bertz CT molecular complexity index is 834. The van der Waals surface area contributed by atoms with Gasteiger partial charge in [0.15, 0.2) is 11.6 Å². The smallest absolute Gasteiger partial charge is 0.240 e. The van der Waals surface area contributed by atoms with E-state index in [2.05, 4.69) is 15.1 Å². The van der Waals surface area contributed by atoms with Crippen molar-refractivity contribution in [3.05, 3.63) is 47.2 Å². The molecule has 0 aliphatic heterocycles. The lowest BCUT2D eigenvalue weighted by atomic mass is 10.1. The molecule has 0 unspecified atom stereocenters. The van der Waals surface area contributed by atoms with Gasteiger partial charge in [-0.05, 0) is 20.0 Å². The third kappa shape index (κ3) is 3.17. The molecule has 1 N–H and O–H groups in total. The Morgan fingerprint density at radius 2 is 2.13 bits per heavy atom. The molecule has 3 rings (SSSR count). The third-order valence-electron chi connectivity index (χ3n) is 3.82. The standard InChI is InChI=1S/C17H20N4O2/c1-4-15-19-16(23-20-15)10-21(3)9-14(22)17-11(2)18-13-8-6-5-7-12(13)17/h5-8,18H,4,9-10H2,1-3H3. The zero-order valence-electron chi connectivity index (χ0n) is 13.6. The second kappa shape index (κ2) is 6.34. The van der Waals surface area contributed by atoms with E-state index >= 15 is 0 Å². The first kappa shape index (κ1) is 15.4. The molecule has 2 heterocycles. The van der Waals surface area contributed by atoms with E-state index in [-0.39, 0.29) is 5.78 Å². The van der Waals surface area contributed by atoms with E-state index in [0.717, 1.165) is 28.6 Å². The molecule has 1 aromatic carbocycles. The van der Waals surface area contributed by atoms with Crippen molar-refractivity contribution >= 4 is 16.7 Å². The lowest BCUT2D eigenvalue weighted by molar-refractivity contribution is 0.0938. The normalized spacial score (nSPS) is 11.5. The quantitative estimate of drug-likeness (QED) is 0.708. The van der Waals surface area contributed by atoms with Crippen LogP contribution >= 0.6 is 0 Å². The van der Waals surface area contributed by atoms with Gasteiger partial charge in [0.25, 0.3) is 0 Å². The molecule has 3 aromatic rings. The van der Waals surface area contributed by atoms with E-state index < -0.39 is 0 Å². The highest BCUT2D eigenvalue weighted by molar-refractivity contribution is 6.10. The number of likely N-dealkylation sites (N-methyl/N-ethyl adjacent to an activating group) is 1. The fourth-order valence-electron chi connectivity index (χ4n) is 2.74. The fraction of sp³-hybridized carbons (Fsp3) is 0.353. The van der Waals surface area contributed by atoms with Crippen LogP contribution in [-0.4, -0.2) is 39.4 Å². The number of carbonyl (C=O) groups excluding carboxylic acids is 1. The number of hydrogen-bond donors (Lipinski definition) is 1. The van der Waals surface area contributed by atoms with E-state index in [4.69, 9.17) is 4.52 Å². The molecule has 120 valence electrons. The summed E-state index contributed by atoms with van der Waals surface area (Å²) in [6.07, 6.45) is 0.737. The Kier molecular flexibility index (Phi) is 4.25. The van der Waals surface area contributed by atoms with Crippen molar-refractivity contribution < 1.29 is 9.32 Å². The predicted molar refractivity (Wildman–Crippen MR) is 87.4 cm³/mol. The summed E-state index contributed by atoms with van der Waals surface area (Å²) in [5.74, 6) is 1.30.